The van der Waals surface area contributed by atoms with Gasteiger partial charge in [0.2, 0.25) is 5.91 Å². The number of hydrogen-bond donors (Lipinski definition) is 3. The summed E-state index contributed by atoms with van der Waals surface area (Å²) in [6.45, 7) is 7.78. The molecule has 7 heteroatoms. The smallest absolute Gasteiger partial charge is 0.408 e. The number of fused-ring (bicyclic) bond motifs is 1. The Morgan fingerprint density at radius 3 is 2.56 bits per heavy atom. The Kier molecular flexibility index (Phi) is 7.18. The maximum atomic E-state index is 13.3. The molecule has 2 aromatic heterocycles. The van der Waals surface area contributed by atoms with E-state index in [0.717, 1.165) is 22.2 Å². The fourth-order valence-electron chi connectivity index (χ4n) is 3.46. The second kappa shape index (κ2) is 9.85. The monoisotopic (exact) mass is 436 g/mol. The van der Waals surface area contributed by atoms with Gasteiger partial charge in [0.1, 0.15) is 11.1 Å². The molecule has 0 spiro atoms. The average molecular weight is 437 g/mol. The Hall–Kier alpha value is -3.35. The molecule has 0 fully saturated rings. The number of carbonyl (C=O) groups excluding carboxylic acids is 2. The van der Waals surface area contributed by atoms with Crippen LogP contribution in [0.25, 0.3) is 10.9 Å². The van der Waals surface area contributed by atoms with Crippen molar-refractivity contribution < 1.29 is 14.3 Å². The van der Waals surface area contributed by atoms with Crippen LogP contribution in [0.4, 0.5) is 4.79 Å². The summed E-state index contributed by atoms with van der Waals surface area (Å²) < 4.78 is 5.57. The van der Waals surface area contributed by atoms with Crippen molar-refractivity contribution in [3.05, 3.63) is 66.1 Å². The van der Waals surface area contributed by atoms with Crippen LogP contribution in [0, 0.1) is 0 Å². The molecule has 0 aliphatic carbocycles. The highest BCUT2D eigenvalue weighted by Gasteiger charge is 2.37. The van der Waals surface area contributed by atoms with Crippen LogP contribution in [0.15, 0.2) is 54.9 Å². The van der Waals surface area contributed by atoms with Gasteiger partial charge in [0, 0.05) is 48.4 Å². The molecule has 3 aromatic rings. The zero-order valence-corrected chi connectivity index (χ0v) is 19.2. The number of hydrogen-bond acceptors (Lipinski definition) is 4. The SMILES string of the molecule is CCC(C)(C)OC(=O)NC(C)(Cc1c[nH]c2ccccc12)C(=O)NCCc1ccccn1. The summed E-state index contributed by atoms with van der Waals surface area (Å²) in [7, 11) is 0. The van der Waals surface area contributed by atoms with E-state index in [1.807, 2.05) is 69.4 Å². The van der Waals surface area contributed by atoms with Crippen molar-refractivity contribution in [2.75, 3.05) is 6.54 Å². The minimum absolute atomic E-state index is 0.273. The number of alkyl carbamates (subject to hydrolysis) is 1. The molecule has 0 aliphatic rings. The second-order valence-corrected chi connectivity index (χ2v) is 8.82. The number of nitrogens with zero attached hydrogens (tertiary/aromatic N) is 1. The van der Waals surface area contributed by atoms with Crippen molar-refractivity contribution in [1.82, 2.24) is 20.6 Å². The fraction of sp³-hybridized carbons (Fsp3) is 0.400. The van der Waals surface area contributed by atoms with Crippen molar-refractivity contribution in [2.45, 2.75) is 58.1 Å². The van der Waals surface area contributed by atoms with Crippen molar-refractivity contribution in [2.24, 2.45) is 0 Å². The quantitative estimate of drug-likeness (QED) is 0.470. The number of benzene rings is 1. The lowest BCUT2D eigenvalue weighted by atomic mass is 9.91. The maximum absolute atomic E-state index is 13.3. The van der Waals surface area contributed by atoms with Crippen molar-refractivity contribution in [3.63, 3.8) is 0 Å². The summed E-state index contributed by atoms with van der Waals surface area (Å²) in [5.41, 5.74) is 0.994. The Balaban J connectivity index is 1.77. The molecule has 1 aromatic carbocycles. The fourth-order valence-corrected chi connectivity index (χ4v) is 3.46. The first-order valence-corrected chi connectivity index (χ1v) is 11.0. The summed E-state index contributed by atoms with van der Waals surface area (Å²) in [6, 6.07) is 13.6. The molecule has 32 heavy (non-hydrogen) atoms. The minimum Gasteiger partial charge on any atom is -0.444 e. The number of aromatic amines is 1. The third kappa shape index (κ3) is 5.87. The lowest BCUT2D eigenvalue weighted by molar-refractivity contribution is -0.127. The van der Waals surface area contributed by atoms with Crippen LogP contribution >= 0.6 is 0 Å². The first kappa shape index (κ1) is 23.3. The number of amides is 2. The van der Waals surface area contributed by atoms with Gasteiger partial charge in [-0.05, 0) is 51.0 Å². The van der Waals surface area contributed by atoms with Gasteiger partial charge < -0.3 is 20.4 Å². The molecule has 2 heterocycles. The molecular formula is C25H32N4O3. The number of ether oxygens (including phenoxy) is 1. The van der Waals surface area contributed by atoms with Gasteiger partial charge in [0.25, 0.3) is 0 Å². The molecule has 0 radical (unpaired) electrons. The first-order valence-electron chi connectivity index (χ1n) is 11.0. The predicted molar refractivity (Wildman–Crippen MR) is 125 cm³/mol. The highest BCUT2D eigenvalue weighted by atomic mass is 16.6. The van der Waals surface area contributed by atoms with Crippen LogP contribution in [-0.4, -0.2) is 39.7 Å². The number of carbonyl (C=O) groups is 2. The zero-order valence-electron chi connectivity index (χ0n) is 19.2. The molecule has 2 amide bonds. The second-order valence-electron chi connectivity index (χ2n) is 8.82. The normalized spacial score (nSPS) is 13.4. The third-order valence-electron chi connectivity index (χ3n) is 5.71. The molecule has 3 N–H and O–H groups in total. The average Bonchev–Trinajstić information content (AvgIpc) is 3.16. The summed E-state index contributed by atoms with van der Waals surface area (Å²) in [6.07, 6.45) is 4.57. The van der Waals surface area contributed by atoms with Gasteiger partial charge in [-0.15, -0.1) is 0 Å². The van der Waals surface area contributed by atoms with Gasteiger partial charge in [-0.1, -0.05) is 31.2 Å². The molecule has 0 saturated carbocycles. The van der Waals surface area contributed by atoms with E-state index in [-0.39, 0.29) is 5.91 Å². The molecule has 170 valence electrons. The van der Waals surface area contributed by atoms with Crippen LogP contribution in [-0.2, 0) is 22.4 Å². The zero-order chi connectivity index (χ0) is 23.2. The number of nitrogens with one attached hydrogen (secondary N) is 3. The molecule has 0 bridgehead atoms. The number of aromatic nitrogens is 2. The summed E-state index contributed by atoms with van der Waals surface area (Å²) in [5.74, 6) is -0.273. The van der Waals surface area contributed by atoms with Crippen LogP contribution < -0.4 is 10.6 Å². The molecule has 3 rings (SSSR count). The van der Waals surface area contributed by atoms with E-state index in [9.17, 15) is 9.59 Å². The van der Waals surface area contributed by atoms with Gasteiger partial charge >= 0.3 is 6.09 Å². The molecule has 1 unspecified atom stereocenters. The van der Waals surface area contributed by atoms with Crippen LogP contribution in [0.5, 0.6) is 0 Å². The van der Waals surface area contributed by atoms with Gasteiger partial charge in [-0.2, -0.15) is 0 Å². The van der Waals surface area contributed by atoms with E-state index in [2.05, 4.69) is 20.6 Å². The Morgan fingerprint density at radius 2 is 1.84 bits per heavy atom. The molecule has 1 atom stereocenters. The highest BCUT2D eigenvalue weighted by molar-refractivity contribution is 5.91. The molecule has 0 saturated heterocycles. The minimum atomic E-state index is -1.20. The summed E-state index contributed by atoms with van der Waals surface area (Å²) in [5, 5.41) is 6.81. The van der Waals surface area contributed by atoms with Gasteiger partial charge in [-0.25, -0.2) is 4.79 Å². The summed E-state index contributed by atoms with van der Waals surface area (Å²) >= 11 is 0. The van der Waals surface area contributed by atoms with Crippen LogP contribution in [0.2, 0.25) is 0 Å². The molecule has 0 aliphatic heterocycles. The Labute approximate surface area is 189 Å². The number of para-hydroxylation sites is 1. The van der Waals surface area contributed by atoms with Crippen molar-refractivity contribution in [1.29, 1.82) is 0 Å². The predicted octanol–water partition coefficient (Wildman–Crippen LogP) is 4.14. The van der Waals surface area contributed by atoms with E-state index in [1.54, 1.807) is 13.1 Å². The Morgan fingerprint density at radius 1 is 1.09 bits per heavy atom. The van der Waals surface area contributed by atoms with Gasteiger partial charge in [0.05, 0.1) is 0 Å². The number of H-pyrrole nitrogens is 1. The highest BCUT2D eigenvalue weighted by Crippen LogP contribution is 2.23. The molecule has 7 nitrogen and oxygen atoms in total. The Bertz CT molecular complexity index is 1060. The van der Waals surface area contributed by atoms with Crippen molar-refractivity contribution >= 4 is 22.9 Å². The topological polar surface area (TPSA) is 96.1 Å². The number of pyridine rings is 1. The summed E-state index contributed by atoms with van der Waals surface area (Å²) in [4.78, 5) is 33.5. The lowest BCUT2D eigenvalue weighted by Crippen LogP contribution is -2.59. The van der Waals surface area contributed by atoms with Crippen LogP contribution in [0.3, 0.4) is 0 Å². The third-order valence-corrected chi connectivity index (χ3v) is 5.71. The maximum Gasteiger partial charge on any atom is 0.408 e. The van der Waals surface area contributed by atoms with E-state index in [0.29, 0.717) is 25.8 Å². The van der Waals surface area contributed by atoms with E-state index >= 15 is 0 Å². The van der Waals surface area contributed by atoms with Crippen LogP contribution in [0.1, 0.15) is 45.4 Å². The van der Waals surface area contributed by atoms with Gasteiger partial charge in [-0.3, -0.25) is 9.78 Å². The van der Waals surface area contributed by atoms with E-state index < -0.39 is 17.2 Å². The van der Waals surface area contributed by atoms with Gasteiger partial charge in [0.15, 0.2) is 0 Å². The first-order chi connectivity index (χ1) is 15.2. The van der Waals surface area contributed by atoms with Crippen molar-refractivity contribution in [3.8, 4) is 0 Å². The lowest BCUT2D eigenvalue weighted by Gasteiger charge is -2.31. The van der Waals surface area contributed by atoms with E-state index in [4.69, 9.17) is 4.74 Å². The standard InChI is InChI=1S/C25H32N4O3/c1-5-24(2,3)32-23(31)29-25(4,16-18-17-28-21-12-7-6-11-20(18)21)22(30)27-15-13-19-10-8-9-14-26-19/h6-12,14,17,28H,5,13,15-16H2,1-4H3,(H,27,30)(H,29,31). The van der Waals surface area contributed by atoms with E-state index in [1.165, 1.54) is 0 Å². The largest absolute Gasteiger partial charge is 0.444 e. The molecular weight excluding hydrogens is 404 g/mol. The number of rotatable bonds is 9.